The summed E-state index contributed by atoms with van der Waals surface area (Å²) in [6.07, 6.45) is -0.647. The van der Waals surface area contributed by atoms with Crippen LogP contribution in [0.15, 0.2) is 0 Å². The van der Waals surface area contributed by atoms with Crippen molar-refractivity contribution in [3.8, 4) is 0 Å². The van der Waals surface area contributed by atoms with Crippen molar-refractivity contribution >= 4 is 0 Å². The predicted octanol–water partition coefficient (Wildman–Crippen LogP) is -0.0959. The van der Waals surface area contributed by atoms with Gasteiger partial charge in [0.05, 0.1) is 18.8 Å². The molecule has 0 radical (unpaired) electrons. The first-order valence-electron chi connectivity index (χ1n) is 5.24. The number of hydrogen-bond acceptors (Lipinski definition) is 4. The lowest BCUT2D eigenvalue weighted by Gasteiger charge is -2.41. The molecule has 1 saturated heterocycles. The molecule has 0 spiro atoms. The second kappa shape index (κ2) is 5.07. The Morgan fingerprint density at radius 3 is 2.29 bits per heavy atom. The topological polar surface area (TPSA) is 69.9 Å². The Kier molecular flexibility index (Phi) is 4.31. The molecule has 0 amide bonds. The Balaban J connectivity index is 2.63. The van der Waals surface area contributed by atoms with Crippen LogP contribution in [0.25, 0.3) is 0 Å². The third-order valence-corrected chi connectivity index (χ3v) is 2.96. The van der Waals surface area contributed by atoms with Crippen LogP contribution >= 0.6 is 0 Å². The average molecular weight is 204 g/mol. The lowest BCUT2D eigenvalue weighted by Crippen LogP contribution is -2.54. The monoisotopic (exact) mass is 204 g/mol. The van der Waals surface area contributed by atoms with Gasteiger partial charge in [0.25, 0.3) is 0 Å². The molecular formula is C10H20O4. The molecule has 5 unspecified atom stereocenters. The zero-order valence-electron chi connectivity index (χ0n) is 8.76. The molecule has 1 fully saturated rings. The summed E-state index contributed by atoms with van der Waals surface area (Å²) in [5.74, 6) is -0.0762. The molecule has 0 aromatic heterocycles. The molecule has 3 N–H and O–H groups in total. The van der Waals surface area contributed by atoms with E-state index in [1.165, 1.54) is 0 Å². The Morgan fingerprint density at radius 2 is 1.79 bits per heavy atom. The average Bonchev–Trinajstić information content (AvgIpc) is 2.19. The number of ether oxygens (including phenoxy) is 1. The minimum atomic E-state index is -0.969. The summed E-state index contributed by atoms with van der Waals surface area (Å²) in [5.41, 5.74) is 0. The predicted molar refractivity (Wildman–Crippen MR) is 51.8 cm³/mol. The largest absolute Gasteiger partial charge is 0.394 e. The molecule has 1 rings (SSSR count). The highest BCUT2D eigenvalue weighted by atomic mass is 16.5. The van der Waals surface area contributed by atoms with E-state index in [2.05, 4.69) is 0 Å². The summed E-state index contributed by atoms with van der Waals surface area (Å²) in [6, 6.07) is 0. The fraction of sp³-hybridized carbons (Fsp3) is 1.00. The molecule has 0 saturated carbocycles. The Morgan fingerprint density at radius 1 is 1.14 bits per heavy atom. The summed E-state index contributed by atoms with van der Waals surface area (Å²) in [7, 11) is 0. The molecule has 0 aromatic rings. The van der Waals surface area contributed by atoms with Gasteiger partial charge in [0.2, 0.25) is 0 Å². The van der Waals surface area contributed by atoms with Gasteiger partial charge >= 0.3 is 0 Å². The van der Waals surface area contributed by atoms with E-state index in [4.69, 9.17) is 9.84 Å². The van der Waals surface area contributed by atoms with Crippen molar-refractivity contribution in [3.05, 3.63) is 0 Å². The van der Waals surface area contributed by atoms with Gasteiger partial charge in [0, 0.05) is 5.92 Å². The first-order chi connectivity index (χ1) is 6.61. The first-order valence-corrected chi connectivity index (χ1v) is 5.24. The molecule has 4 heteroatoms. The summed E-state index contributed by atoms with van der Waals surface area (Å²) < 4.78 is 5.51. The fourth-order valence-electron chi connectivity index (χ4n) is 1.95. The minimum absolute atomic E-state index is 0.0597. The van der Waals surface area contributed by atoms with Gasteiger partial charge in [0.15, 0.2) is 0 Å². The molecule has 4 nitrogen and oxygen atoms in total. The second-order valence-corrected chi connectivity index (χ2v) is 4.02. The van der Waals surface area contributed by atoms with Crippen LogP contribution in [0.5, 0.6) is 0 Å². The van der Waals surface area contributed by atoms with E-state index in [1.807, 2.05) is 13.8 Å². The maximum atomic E-state index is 9.70. The quantitative estimate of drug-likeness (QED) is 0.600. The zero-order chi connectivity index (χ0) is 10.7. The molecule has 5 atom stereocenters. The van der Waals surface area contributed by atoms with Crippen molar-refractivity contribution in [2.75, 3.05) is 6.61 Å². The van der Waals surface area contributed by atoms with Crippen LogP contribution in [0, 0.1) is 5.92 Å². The van der Waals surface area contributed by atoms with Gasteiger partial charge < -0.3 is 20.1 Å². The molecule has 84 valence electrons. The van der Waals surface area contributed by atoms with E-state index in [1.54, 1.807) is 0 Å². The Bertz CT molecular complexity index is 170. The van der Waals surface area contributed by atoms with Gasteiger partial charge in [0.1, 0.15) is 12.2 Å². The SMILES string of the molecule is CCCC1OC(CO)C(O)C(O)C1C. The van der Waals surface area contributed by atoms with Crippen LogP contribution in [0.1, 0.15) is 26.7 Å². The number of aliphatic hydroxyl groups is 3. The highest BCUT2D eigenvalue weighted by Gasteiger charge is 2.41. The lowest BCUT2D eigenvalue weighted by atomic mass is 9.86. The molecule has 0 aromatic carbocycles. The maximum Gasteiger partial charge on any atom is 0.109 e. The van der Waals surface area contributed by atoms with Gasteiger partial charge in [-0.05, 0) is 6.42 Å². The van der Waals surface area contributed by atoms with Crippen LogP contribution in [0.3, 0.4) is 0 Å². The van der Waals surface area contributed by atoms with Gasteiger partial charge in [-0.3, -0.25) is 0 Å². The third-order valence-electron chi connectivity index (χ3n) is 2.96. The zero-order valence-corrected chi connectivity index (χ0v) is 8.76. The van der Waals surface area contributed by atoms with Gasteiger partial charge in [-0.15, -0.1) is 0 Å². The third kappa shape index (κ3) is 2.25. The van der Waals surface area contributed by atoms with Gasteiger partial charge in [-0.25, -0.2) is 0 Å². The summed E-state index contributed by atoms with van der Waals surface area (Å²) in [5, 5.41) is 28.2. The molecule has 0 aliphatic carbocycles. The molecular weight excluding hydrogens is 184 g/mol. The molecule has 1 aliphatic rings. The van der Waals surface area contributed by atoms with Gasteiger partial charge in [-0.2, -0.15) is 0 Å². The maximum absolute atomic E-state index is 9.70. The van der Waals surface area contributed by atoms with Gasteiger partial charge in [-0.1, -0.05) is 20.3 Å². The standard InChI is InChI=1S/C10H20O4/c1-3-4-7-6(2)9(12)10(13)8(5-11)14-7/h6-13H,3-5H2,1-2H3. The lowest BCUT2D eigenvalue weighted by molar-refractivity contribution is -0.206. The highest BCUT2D eigenvalue weighted by Crippen LogP contribution is 2.28. The van der Waals surface area contributed by atoms with Crippen molar-refractivity contribution in [3.63, 3.8) is 0 Å². The van der Waals surface area contributed by atoms with Crippen LogP contribution < -0.4 is 0 Å². The number of hydrogen-bond donors (Lipinski definition) is 3. The highest BCUT2D eigenvalue weighted by molar-refractivity contribution is 4.89. The van der Waals surface area contributed by atoms with E-state index >= 15 is 0 Å². The molecule has 1 aliphatic heterocycles. The smallest absolute Gasteiger partial charge is 0.109 e. The van der Waals surface area contributed by atoms with E-state index < -0.39 is 18.3 Å². The van der Waals surface area contributed by atoms with Crippen LogP contribution in [0.2, 0.25) is 0 Å². The first kappa shape index (κ1) is 11.9. The van der Waals surface area contributed by atoms with E-state index in [-0.39, 0.29) is 18.6 Å². The normalized spacial score (nSPS) is 43.9. The van der Waals surface area contributed by atoms with Crippen molar-refractivity contribution in [1.29, 1.82) is 0 Å². The van der Waals surface area contributed by atoms with Crippen LogP contribution in [-0.4, -0.2) is 46.3 Å². The summed E-state index contributed by atoms with van der Waals surface area (Å²) >= 11 is 0. The number of aliphatic hydroxyl groups excluding tert-OH is 3. The van der Waals surface area contributed by atoms with Crippen molar-refractivity contribution < 1.29 is 20.1 Å². The Hall–Kier alpha value is -0.160. The van der Waals surface area contributed by atoms with Crippen molar-refractivity contribution in [2.45, 2.75) is 51.1 Å². The van der Waals surface area contributed by atoms with Crippen molar-refractivity contribution in [2.24, 2.45) is 5.92 Å². The van der Waals surface area contributed by atoms with Crippen LogP contribution in [0.4, 0.5) is 0 Å². The summed E-state index contributed by atoms with van der Waals surface area (Å²) in [6.45, 7) is 3.66. The van der Waals surface area contributed by atoms with E-state index in [0.29, 0.717) is 0 Å². The fourth-order valence-corrected chi connectivity index (χ4v) is 1.95. The molecule has 14 heavy (non-hydrogen) atoms. The molecule has 1 heterocycles. The minimum Gasteiger partial charge on any atom is -0.394 e. The van der Waals surface area contributed by atoms with E-state index in [0.717, 1.165) is 12.8 Å². The number of rotatable bonds is 3. The second-order valence-electron chi connectivity index (χ2n) is 4.02. The summed E-state index contributed by atoms with van der Waals surface area (Å²) in [4.78, 5) is 0. The van der Waals surface area contributed by atoms with Crippen molar-refractivity contribution in [1.82, 2.24) is 0 Å². The van der Waals surface area contributed by atoms with E-state index in [9.17, 15) is 10.2 Å². The van der Waals surface area contributed by atoms with Crippen LogP contribution in [-0.2, 0) is 4.74 Å². The molecule has 0 bridgehead atoms. The Labute approximate surface area is 84.5 Å².